The van der Waals surface area contributed by atoms with Crippen molar-refractivity contribution < 1.29 is 4.79 Å². The number of carbonyl (C=O) groups excluding carboxylic acids is 1. The molecule has 102 valence electrons. The Labute approximate surface area is 125 Å². The summed E-state index contributed by atoms with van der Waals surface area (Å²) in [6.07, 6.45) is 1.74. The van der Waals surface area contributed by atoms with Crippen molar-refractivity contribution in [3.63, 3.8) is 0 Å². The van der Waals surface area contributed by atoms with Gasteiger partial charge in [0.1, 0.15) is 0 Å². The fourth-order valence-corrected chi connectivity index (χ4v) is 2.93. The van der Waals surface area contributed by atoms with Gasteiger partial charge in [-0.1, -0.05) is 34.1 Å². The molecule has 0 saturated carbocycles. The van der Waals surface area contributed by atoms with Crippen LogP contribution in [-0.2, 0) is 0 Å². The summed E-state index contributed by atoms with van der Waals surface area (Å²) in [4.78, 5) is 14.2. The molecule has 1 atom stereocenters. The van der Waals surface area contributed by atoms with Crippen LogP contribution in [0.2, 0.25) is 0 Å². The second-order valence-electron chi connectivity index (χ2n) is 4.81. The first-order valence-corrected chi connectivity index (χ1v) is 7.15. The van der Waals surface area contributed by atoms with Crippen LogP contribution in [0.3, 0.4) is 0 Å². The van der Waals surface area contributed by atoms with Gasteiger partial charge in [-0.25, -0.2) is 0 Å². The average Bonchev–Trinajstić information content (AvgIpc) is 2.93. The highest BCUT2D eigenvalue weighted by molar-refractivity contribution is 9.10. The van der Waals surface area contributed by atoms with Crippen molar-refractivity contribution in [2.45, 2.75) is 13.0 Å². The molecule has 0 bridgehead atoms. The number of hydrogen-bond donors (Lipinski definition) is 1. The van der Waals surface area contributed by atoms with Crippen LogP contribution in [-0.4, -0.2) is 27.5 Å². The number of rotatable bonds is 3. The molecule has 3 rings (SSSR count). The van der Waals surface area contributed by atoms with E-state index >= 15 is 0 Å². The van der Waals surface area contributed by atoms with Crippen LogP contribution in [0.5, 0.6) is 0 Å². The second-order valence-corrected chi connectivity index (χ2v) is 5.73. The molecule has 0 spiro atoms. The highest BCUT2D eigenvalue weighted by Gasteiger charge is 2.40. The fraction of sp³-hybridized carbons (Fsp3) is 0.200. The zero-order chi connectivity index (χ0) is 14.3. The highest BCUT2D eigenvalue weighted by atomic mass is 79.9. The third kappa shape index (κ3) is 1.89. The number of amides is 1. The Morgan fingerprint density at radius 3 is 2.80 bits per heavy atom. The number of hydrogen-bond acceptors (Lipinski definition) is 2. The molecule has 4 nitrogen and oxygen atoms in total. The molecular formula is C15H14BrN3O. The molecular weight excluding hydrogens is 318 g/mol. The third-order valence-electron chi connectivity index (χ3n) is 3.55. The lowest BCUT2D eigenvalue weighted by Crippen LogP contribution is -2.29. The normalized spacial score (nSPS) is 17.4. The maximum atomic E-state index is 12.4. The van der Waals surface area contributed by atoms with E-state index in [-0.39, 0.29) is 11.9 Å². The first kappa shape index (κ1) is 13.1. The Kier molecular flexibility index (Phi) is 3.22. The van der Waals surface area contributed by atoms with Crippen molar-refractivity contribution >= 4 is 21.8 Å². The molecule has 2 heterocycles. The van der Waals surface area contributed by atoms with Gasteiger partial charge in [0, 0.05) is 22.3 Å². The van der Waals surface area contributed by atoms with Crippen LogP contribution in [0.4, 0.5) is 0 Å². The van der Waals surface area contributed by atoms with Crippen LogP contribution >= 0.6 is 15.9 Å². The van der Waals surface area contributed by atoms with Gasteiger partial charge >= 0.3 is 0 Å². The topological polar surface area (TPSA) is 49.0 Å². The number of aryl methyl sites for hydroxylation is 1. The summed E-state index contributed by atoms with van der Waals surface area (Å²) >= 11 is 3.44. The summed E-state index contributed by atoms with van der Waals surface area (Å²) in [5.74, 6) is -0.0443. The lowest BCUT2D eigenvalue weighted by molar-refractivity contribution is 0.0764. The first-order valence-electron chi connectivity index (χ1n) is 6.35. The molecule has 2 aromatic rings. The number of aromatic amines is 1. The Morgan fingerprint density at radius 1 is 1.45 bits per heavy atom. The molecule has 20 heavy (non-hydrogen) atoms. The van der Waals surface area contributed by atoms with E-state index in [1.165, 1.54) is 0 Å². The second kappa shape index (κ2) is 4.90. The summed E-state index contributed by atoms with van der Waals surface area (Å²) in [7, 11) is 0. The fourth-order valence-electron chi connectivity index (χ4n) is 2.66. The largest absolute Gasteiger partial charge is 0.322 e. The zero-order valence-corrected chi connectivity index (χ0v) is 12.6. The van der Waals surface area contributed by atoms with E-state index in [1.807, 2.05) is 31.2 Å². The van der Waals surface area contributed by atoms with Crippen LogP contribution in [0.25, 0.3) is 0 Å². The number of nitrogens with one attached hydrogen (secondary N) is 1. The molecule has 1 aromatic carbocycles. The van der Waals surface area contributed by atoms with Crippen molar-refractivity contribution in [3.05, 3.63) is 63.9 Å². The maximum absolute atomic E-state index is 12.4. The van der Waals surface area contributed by atoms with Gasteiger partial charge in [-0.3, -0.25) is 9.89 Å². The van der Waals surface area contributed by atoms with Gasteiger partial charge in [0.15, 0.2) is 5.69 Å². The van der Waals surface area contributed by atoms with E-state index in [0.717, 1.165) is 21.3 Å². The SMILES string of the molecule is C=CCN1C(=O)c2n[nH]c(C)c2C1c1ccc(Br)cc1. The Bertz CT molecular complexity index is 675. The minimum Gasteiger partial charge on any atom is -0.322 e. The Hall–Kier alpha value is -1.88. The predicted molar refractivity (Wildman–Crippen MR) is 80.5 cm³/mol. The lowest BCUT2D eigenvalue weighted by atomic mass is 9.99. The van der Waals surface area contributed by atoms with Crippen molar-refractivity contribution in [1.82, 2.24) is 15.1 Å². The summed E-state index contributed by atoms with van der Waals surface area (Å²) in [6, 6.07) is 7.93. The zero-order valence-electron chi connectivity index (χ0n) is 11.1. The smallest absolute Gasteiger partial charge is 0.275 e. The molecule has 1 aliphatic heterocycles. The van der Waals surface area contributed by atoms with Crippen LogP contribution in [0.1, 0.15) is 33.4 Å². The Balaban J connectivity index is 2.13. The van der Waals surface area contributed by atoms with Gasteiger partial charge < -0.3 is 4.90 Å². The number of nitrogens with zero attached hydrogens (tertiary/aromatic N) is 2. The number of aromatic nitrogens is 2. The minimum absolute atomic E-state index is 0.0443. The molecule has 1 unspecified atom stereocenters. The quantitative estimate of drug-likeness (QED) is 0.878. The van der Waals surface area contributed by atoms with Crippen molar-refractivity contribution in [2.75, 3.05) is 6.54 Å². The van der Waals surface area contributed by atoms with Crippen molar-refractivity contribution in [3.8, 4) is 0 Å². The maximum Gasteiger partial charge on any atom is 0.275 e. The first-order chi connectivity index (χ1) is 9.63. The summed E-state index contributed by atoms with van der Waals surface area (Å²) in [6.45, 7) is 6.20. The molecule has 0 aliphatic carbocycles. The number of fused-ring (bicyclic) bond motifs is 1. The highest BCUT2D eigenvalue weighted by Crippen LogP contribution is 2.39. The minimum atomic E-state index is -0.0950. The van der Waals surface area contributed by atoms with Gasteiger partial charge in [-0.15, -0.1) is 6.58 Å². The van der Waals surface area contributed by atoms with Gasteiger partial charge in [0.05, 0.1) is 6.04 Å². The summed E-state index contributed by atoms with van der Waals surface area (Å²) in [5.41, 5.74) is 3.51. The summed E-state index contributed by atoms with van der Waals surface area (Å²) in [5, 5.41) is 7.05. The third-order valence-corrected chi connectivity index (χ3v) is 4.08. The van der Waals surface area contributed by atoms with Crippen LogP contribution < -0.4 is 0 Å². The van der Waals surface area contributed by atoms with Gasteiger partial charge in [0.2, 0.25) is 0 Å². The predicted octanol–water partition coefficient (Wildman–Crippen LogP) is 3.21. The van der Waals surface area contributed by atoms with E-state index in [1.54, 1.807) is 11.0 Å². The van der Waals surface area contributed by atoms with E-state index in [9.17, 15) is 4.79 Å². The van der Waals surface area contributed by atoms with Crippen LogP contribution in [0.15, 0.2) is 41.4 Å². The van der Waals surface area contributed by atoms with Crippen LogP contribution in [0, 0.1) is 6.92 Å². The van der Waals surface area contributed by atoms with Gasteiger partial charge in [0.25, 0.3) is 5.91 Å². The number of halogens is 1. The van der Waals surface area contributed by atoms with Gasteiger partial charge in [-0.05, 0) is 24.6 Å². The number of H-pyrrole nitrogens is 1. The van der Waals surface area contributed by atoms with E-state index < -0.39 is 0 Å². The number of carbonyl (C=O) groups is 1. The average molecular weight is 332 g/mol. The Morgan fingerprint density at radius 2 is 2.15 bits per heavy atom. The molecule has 1 N–H and O–H groups in total. The molecule has 1 amide bonds. The molecule has 0 radical (unpaired) electrons. The van der Waals surface area contributed by atoms with Crippen molar-refractivity contribution in [1.29, 1.82) is 0 Å². The van der Waals surface area contributed by atoms with E-state index in [0.29, 0.717) is 12.2 Å². The monoisotopic (exact) mass is 331 g/mol. The standard InChI is InChI=1S/C15H14BrN3O/c1-3-8-19-14(10-4-6-11(16)7-5-10)12-9(2)17-18-13(12)15(19)20/h3-7,14H,1,8H2,2H3,(H,17,18). The van der Waals surface area contributed by atoms with E-state index in [2.05, 4.69) is 32.7 Å². The molecule has 0 fully saturated rings. The van der Waals surface area contributed by atoms with Crippen molar-refractivity contribution in [2.24, 2.45) is 0 Å². The molecule has 5 heteroatoms. The molecule has 1 aliphatic rings. The number of benzene rings is 1. The van der Waals surface area contributed by atoms with Gasteiger partial charge in [-0.2, -0.15) is 5.10 Å². The molecule has 0 saturated heterocycles. The lowest BCUT2D eigenvalue weighted by Gasteiger charge is -2.24. The van der Waals surface area contributed by atoms with E-state index in [4.69, 9.17) is 0 Å². The summed E-state index contributed by atoms with van der Waals surface area (Å²) < 4.78 is 1.02. The molecule has 1 aromatic heterocycles.